The molecule has 0 spiro atoms. The second-order valence-corrected chi connectivity index (χ2v) is 4.40. The van der Waals surface area contributed by atoms with Gasteiger partial charge in [0.25, 0.3) is 0 Å². The smallest absolute Gasteiger partial charge is 0.127 e. The standard InChI is InChI=1S/C13H13F/c1-8-2-7-12(14)13-10(8)5-3-9-4-6-11(9)13/h2-3,5,7,9,11H,4,6H2,1H3. The number of aryl methyl sites for hydroxylation is 1. The Morgan fingerprint density at radius 2 is 2.14 bits per heavy atom. The fourth-order valence-corrected chi connectivity index (χ4v) is 2.65. The lowest BCUT2D eigenvalue weighted by Crippen LogP contribution is -2.26. The van der Waals surface area contributed by atoms with Crippen molar-refractivity contribution in [3.05, 3.63) is 40.7 Å². The van der Waals surface area contributed by atoms with Crippen molar-refractivity contribution in [2.75, 3.05) is 0 Å². The van der Waals surface area contributed by atoms with Crippen molar-refractivity contribution in [1.82, 2.24) is 0 Å². The first-order valence-electron chi connectivity index (χ1n) is 5.24. The summed E-state index contributed by atoms with van der Waals surface area (Å²) >= 11 is 0. The van der Waals surface area contributed by atoms with Crippen molar-refractivity contribution >= 4 is 6.08 Å². The number of hydrogen-bond acceptors (Lipinski definition) is 0. The fraction of sp³-hybridized carbons (Fsp3) is 0.385. The molecule has 1 heteroatoms. The van der Waals surface area contributed by atoms with Crippen LogP contribution in [0, 0.1) is 18.7 Å². The average Bonchev–Trinajstić information content (AvgIpc) is 2.13. The van der Waals surface area contributed by atoms with Crippen molar-refractivity contribution in [2.45, 2.75) is 25.7 Å². The summed E-state index contributed by atoms with van der Waals surface area (Å²) < 4.78 is 13.7. The molecule has 0 aliphatic heterocycles. The molecule has 0 aromatic heterocycles. The quantitative estimate of drug-likeness (QED) is 0.583. The minimum atomic E-state index is -0.00958. The van der Waals surface area contributed by atoms with Gasteiger partial charge in [0.2, 0.25) is 0 Å². The molecule has 2 atom stereocenters. The number of allylic oxidation sites excluding steroid dienone is 1. The van der Waals surface area contributed by atoms with Gasteiger partial charge in [-0.25, -0.2) is 4.39 Å². The molecule has 2 aliphatic rings. The van der Waals surface area contributed by atoms with Gasteiger partial charge in [0.1, 0.15) is 5.82 Å². The Bertz CT molecular complexity index is 417. The van der Waals surface area contributed by atoms with Crippen LogP contribution in [0.25, 0.3) is 6.08 Å². The normalized spacial score (nSPS) is 27.9. The Balaban J connectivity index is 2.24. The van der Waals surface area contributed by atoms with Gasteiger partial charge in [-0.3, -0.25) is 0 Å². The Labute approximate surface area is 83.5 Å². The van der Waals surface area contributed by atoms with E-state index in [1.54, 1.807) is 6.07 Å². The van der Waals surface area contributed by atoms with Gasteiger partial charge < -0.3 is 0 Å². The summed E-state index contributed by atoms with van der Waals surface area (Å²) in [4.78, 5) is 0. The van der Waals surface area contributed by atoms with Crippen molar-refractivity contribution in [2.24, 2.45) is 5.92 Å². The highest BCUT2D eigenvalue weighted by Gasteiger charge is 2.35. The second kappa shape index (κ2) is 2.69. The zero-order valence-electron chi connectivity index (χ0n) is 8.26. The zero-order chi connectivity index (χ0) is 9.71. The van der Waals surface area contributed by atoms with Crippen molar-refractivity contribution in [1.29, 1.82) is 0 Å². The Hall–Kier alpha value is -1.11. The van der Waals surface area contributed by atoms with Gasteiger partial charge in [-0.1, -0.05) is 18.2 Å². The van der Waals surface area contributed by atoms with Crippen LogP contribution in [-0.2, 0) is 0 Å². The average molecular weight is 188 g/mol. The molecule has 0 nitrogen and oxygen atoms in total. The molecule has 2 aliphatic carbocycles. The number of fused-ring (bicyclic) bond motifs is 3. The first kappa shape index (κ1) is 8.22. The van der Waals surface area contributed by atoms with E-state index in [0.717, 1.165) is 17.5 Å². The number of hydrogen-bond donors (Lipinski definition) is 0. The Kier molecular flexibility index (Phi) is 1.58. The van der Waals surface area contributed by atoms with E-state index in [1.807, 2.05) is 6.07 Å². The molecule has 0 bridgehead atoms. The van der Waals surface area contributed by atoms with E-state index in [-0.39, 0.29) is 5.82 Å². The highest BCUT2D eigenvalue weighted by molar-refractivity contribution is 5.63. The molecular weight excluding hydrogens is 175 g/mol. The van der Waals surface area contributed by atoms with Crippen molar-refractivity contribution in [3.8, 4) is 0 Å². The molecular formula is C13H13F. The summed E-state index contributed by atoms with van der Waals surface area (Å²) in [6, 6.07) is 3.49. The summed E-state index contributed by atoms with van der Waals surface area (Å²) in [7, 11) is 0. The lowest BCUT2D eigenvalue weighted by Gasteiger charge is -2.39. The van der Waals surface area contributed by atoms with E-state index in [1.165, 1.54) is 12.0 Å². The van der Waals surface area contributed by atoms with Crippen molar-refractivity contribution in [3.63, 3.8) is 0 Å². The highest BCUT2D eigenvalue weighted by atomic mass is 19.1. The predicted octanol–water partition coefficient (Wildman–Crippen LogP) is 3.65. The van der Waals surface area contributed by atoms with Crippen LogP contribution < -0.4 is 0 Å². The minimum absolute atomic E-state index is 0.00958. The first-order chi connectivity index (χ1) is 6.77. The molecule has 72 valence electrons. The number of halogens is 1. The highest BCUT2D eigenvalue weighted by Crippen LogP contribution is 2.49. The van der Waals surface area contributed by atoms with E-state index >= 15 is 0 Å². The third-order valence-electron chi connectivity index (χ3n) is 3.66. The van der Waals surface area contributed by atoms with Crippen LogP contribution in [0.4, 0.5) is 4.39 Å². The molecule has 14 heavy (non-hydrogen) atoms. The van der Waals surface area contributed by atoms with E-state index in [0.29, 0.717) is 11.8 Å². The number of rotatable bonds is 0. The minimum Gasteiger partial charge on any atom is -0.207 e. The third-order valence-corrected chi connectivity index (χ3v) is 3.66. The lowest BCUT2D eigenvalue weighted by atomic mass is 9.65. The summed E-state index contributed by atoms with van der Waals surface area (Å²) in [6.07, 6.45) is 6.74. The maximum Gasteiger partial charge on any atom is 0.127 e. The van der Waals surface area contributed by atoms with Gasteiger partial charge in [-0.15, -0.1) is 0 Å². The summed E-state index contributed by atoms with van der Waals surface area (Å²) in [5.74, 6) is 1.07. The van der Waals surface area contributed by atoms with Gasteiger partial charge in [0.05, 0.1) is 0 Å². The molecule has 2 unspecified atom stereocenters. The van der Waals surface area contributed by atoms with Gasteiger partial charge in [0.15, 0.2) is 0 Å². The summed E-state index contributed by atoms with van der Waals surface area (Å²) in [5.41, 5.74) is 3.30. The predicted molar refractivity (Wildman–Crippen MR) is 55.6 cm³/mol. The zero-order valence-corrected chi connectivity index (χ0v) is 8.26. The van der Waals surface area contributed by atoms with Crippen LogP contribution in [0.3, 0.4) is 0 Å². The molecule has 1 aromatic carbocycles. The molecule has 0 radical (unpaired) electrons. The molecule has 3 rings (SSSR count). The van der Waals surface area contributed by atoms with Crippen LogP contribution in [0.2, 0.25) is 0 Å². The molecule has 1 fully saturated rings. The van der Waals surface area contributed by atoms with Crippen LogP contribution in [0.5, 0.6) is 0 Å². The second-order valence-electron chi connectivity index (χ2n) is 4.40. The molecule has 0 saturated heterocycles. The van der Waals surface area contributed by atoms with Crippen LogP contribution >= 0.6 is 0 Å². The summed E-state index contributed by atoms with van der Waals surface area (Å²) in [6.45, 7) is 2.06. The summed E-state index contributed by atoms with van der Waals surface area (Å²) in [5, 5.41) is 0. The first-order valence-corrected chi connectivity index (χ1v) is 5.24. The maximum atomic E-state index is 13.7. The third kappa shape index (κ3) is 0.927. The van der Waals surface area contributed by atoms with E-state index < -0.39 is 0 Å². The van der Waals surface area contributed by atoms with Gasteiger partial charge in [-0.2, -0.15) is 0 Å². The monoisotopic (exact) mass is 188 g/mol. The SMILES string of the molecule is Cc1ccc(F)c2c1C=CC1CCC21. The number of benzene rings is 1. The largest absolute Gasteiger partial charge is 0.207 e. The van der Waals surface area contributed by atoms with E-state index in [4.69, 9.17) is 0 Å². The van der Waals surface area contributed by atoms with Gasteiger partial charge >= 0.3 is 0 Å². The van der Waals surface area contributed by atoms with E-state index in [2.05, 4.69) is 19.1 Å². The molecule has 0 N–H and O–H groups in total. The van der Waals surface area contributed by atoms with Gasteiger partial charge in [0, 0.05) is 0 Å². The Morgan fingerprint density at radius 3 is 2.86 bits per heavy atom. The lowest BCUT2D eigenvalue weighted by molar-refractivity contribution is 0.305. The van der Waals surface area contributed by atoms with Crippen LogP contribution in [-0.4, -0.2) is 0 Å². The topological polar surface area (TPSA) is 0 Å². The van der Waals surface area contributed by atoms with Crippen molar-refractivity contribution < 1.29 is 4.39 Å². The Morgan fingerprint density at radius 1 is 1.29 bits per heavy atom. The van der Waals surface area contributed by atoms with Gasteiger partial charge in [-0.05, 0) is 54.4 Å². The molecule has 0 heterocycles. The van der Waals surface area contributed by atoms with Crippen LogP contribution in [0.1, 0.15) is 35.4 Å². The maximum absolute atomic E-state index is 13.7. The van der Waals surface area contributed by atoms with E-state index in [9.17, 15) is 4.39 Å². The fourth-order valence-electron chi connectivity index (χ4n) is 2.65. The molecule has 1 aromatic rings. The van der Waals surface area contributed by atoms with Crippen LogP contribution in [0.15, 0.2) is 18.2 Å². The molecule has 1 saturated carbocycles. The molecule has 0 amide bonds.